The predicted octanol–water partition coefficient (Wildman–Crippen LogP) is 4.11. The Hall–Kier alpha value is -2.63. The summed E-state index contributed by atoms with van der Waals surface area (Å²) < 4.78 is 34.0. The molecule has 0 unspecified atom stereocenters. The van der Waals surface area contributed by atoms with Crippen molar-refractivity contribution in [3.05, 3.63) is 59.7 Å². The third-order valence-corrected chi connectivity index (χ3v) is 3.69. The molecule has 0 aliphatic rings. The Morgan fingerprint density at radius 1 is 1.12 bits per heavy atom. The monoisotopic (exact) mass is 363 g/mol. The van der Waals surface area contributed by atoms with E-state index in [0.29, 0.717) is 32.4 Å². The lowest BCUT2D eigenvalue weighted by molar-refractivity contribution is -0.121. The highest BCUT2D eigenvalue weighted by Crippen LogP contribution is 2.15. The van der Waals surface area contributed by atoms with Gasteiger partial charge in [0.25, 0.3) is 0 Å². The number of hydrogen-bond acceptors (Lipinski definition) is 3. The summed E-state index contributed by atoms with van der Waals surface area (Å²) in [4.78, 5) is 11.8. The molecular weight excluding hydrogens is 340 g/mol. The molecule has 0 heterocycles. The molecule has 2 aromatic carbocycles. The summed E-state index contributed by atoms with van der Waals surface area (Å²) in [5, 5.41) is 2.84. The molecule has 0 aromatic heterocycles. The molecule has 2 aromatic rings. The second-order valence-corrected chi connectivity index (χ2v) is 5.89. The zero-order chi connectivity index (χ0) is 18.8. The predicted molar refractivity (Wildman–Crippen MR) is 95.7 cm³/mol. The summed E-state index contributed by atoms with van der Waals surface area (Å²) in [6, 6.07) is 14.2. The first kappa shape index (κ1) is 19.7. The Morgan fingerprint density at radius 3 is 2.58 bits per heavy atom. The number of carbonyl (C=O) groups is 1. The van der Waals surface area contributed by atoms with Crippen molar-refractivity contribution in [2.75, 3.05) is 13.2 Å². The number of alkyl halides is 2. The maximum Gasteiger partial charge on any atom is 0.387 e. The molecule has 1 amide bonds. The second kappa shape index (κ2) is 10.4. The summed E-state index contributed by atoms with van der Waals surface area (Å²) in [5.41, 5.74) is 2.07. The summed E-state index contributed by atoms with van der Waals surface area (Å²) in [6.07, 6.45) is 1.66. The highest BCUT2D eigenvalue weighted by atomic mass is 19.3. The fourth-order valence-electron chi connectivity index (χ4n) is 2.40. The Bertz CT molecular complexity index is 690. The molecule has 4 nitrogen and oxygen atoms in total. The molecule has 0 aliphatic carbocycles. The average molecular weight is 363 g/mol. The maximum absolute atomic E-state index is 12.1. The molecule has 0 spiro atoms. The van der Waals surface area contributed by atoms with Crippen molar-refractivity contribution in [1.29, 1.82) is 0 Å². The Kier molecular flexibility index (Phi) is 7.86. The number of ether oxygens (including phenoxy) is 2. The summed E-state index contributed by atoms with van der Waals surface area (Å²) in [6.45, 7) is 0.157. The van der Waals surface area contributed by atoms with Gasteiger partial charge in [-0.3, -0.25) is 4.79 Å². The number of benzene rings is 2. The zero-order valence-corrected chi connectivity index (χ0v) is 14.7. The van der Waals surface area contributed by atoms with Gasteiger partial charge in [-0.25, -0.2) is 0 Å². The van der Waals surface area contributed by atoms with E-state index in [0.717, 1.165) is 16.9 Å². The smallest absolute Gasteiger partial charge is 0.387 e. The van der Waals surface area contributed by atoms with Gasteiger partial charge in [-0.1, -0.05) is 24.3 Å². The van der Waals surface area contributed by atoms with Crippen LogP contribution >= 0.6 is 0 Å². The normalized spacial score (nSPS) is 10.6. The lowest BCUT2D eigenvalue weighted by Gasteiger charge is -2.08. The van der Waals surface area contributed by atoms with E-state index in [-0.39, 0.29) is 11.7 Å². The van der Waals surface area contributed by atoms with E-state index in [1.165, 1.54) is 12.1 Å². The third-order valence-electron chi connectivity index (χ3n) is 3.69. The summed E-state index contributed by atoms with van der Waals surface area (Å²) in [5.74, 6) is 0.904. The van der Waals surface area contributed by atoms with Gasteiger partial charge >= 0.3 is 6.61 Å². The number of hydrogen-bond donors (Lipinski definition) is 1. The molecule has 0 atom stereocenters. The van der Waals surface area contributed by atoms with Crippen LogP contribution in [0.15, 0.2) is 48.5 Å². The Labute approximate surface area is 152 Å². The van der Waals surface area contributed by atoms with Crippen LogP contribution in [0.2, 0.25) is 0 Å². The van der Waals surface area contributed by atoms with Crippen LogP contribution in [0, 0.1) is 6.92 Å². The number of halogens is 2. The van der Waals surface area contributed by atoms with Crippen LogP contribution in [0.4, 0.5) is 8.78 Å². The SMILES string of the molecule is Cc1cccc(OCCCC(=O)NCCc2ccc(OC(F)F)cc2)c1. The van der Waals surface area contributed by atoms with Crippen molar-refractivity contribution in [2.24, 2.45) is 0 Å². The first-order valence-corrected chi connectivity index (χ1v) is 8.53. The lowest BCUT2D eigenvalue weighted by atomic mass is 10.1. The molecule has 0 saturated heterocycles. The van der Waals surface area contributed by atoms with Crippen molar-refractivity contribution in [3.8, 4) is 11.5 Å². The highest BCUT2D eigenvalue weighted by molar-refractivity contribution is 5.75. The van der Waals surface area contributed by atoms with E-state index in [4.69, 9.17) is 4.74 Å². The molecule has 2 rings (SSSR count). The minimum atomic E-state index is -2.82. The largest absolute Gasteiger partial charge is 0.494 e. The first-order valence-electron chi connectivity index (χ1n) is 8.53. The van der Waals surface area contributed by atoms with Crippen LogP contribution in [0.1, 0.15) is 24.0 Å². The van der Waals surface area contributed by atoms with Gasteiger partial charge in [0.1, 0.15) is 11.5 Å². The van der Waals surface area contributed by atoms with E-state index >= 15 is 0 Å². The number of carbonyl (C=O) groups excluding carboxylic acids is 1. The highest BCUT2D eigenvalue weighted by Gasteiger charge is 2.05. The molecule has 6 heteroatoms. The van der Waals surface area contributed by atoms with Crippen molar-refractivity contribution in [2.45, 2.75) is 32.8 Å². The van der Waals surface area contributed by atoms with Crippen molar-refractivity contribution in [3.63, 3.8) is 0 Å². The average Bonchev–Trinajstić information content (AvgIpc) is 2.60. The molecule has 1 N–H and O–H groups in total. The standard InChI is InChI=1S/C20H23F2NO3/c1-15-4-2-5-18(14-15)25-13-3-6-19(24)23-12-11-16-7-9-17(10-8-16)26-20(21)22/h2,4-5,7-10,14,20H,3,6,11-13H2,1H3,(H,23,24). The molecular formula is C20H23F2NO3. The quantitative estimate of drug-likeness (QED) is 0.646. The fraction of sp³-hybridized carbons (Fsp3) is 0.350. The molecule has 0 aliphatic heterocycles. The first-order chi connectivity index (χ1) is 12.5. The number of rotatable bonds is 10. The van der Waals surface area contributed by atoms with Crippen molar-refractivity contribution in [1.82, 2.24) is 5.32 Å². The topological polar surface area (TPSA) is 47.6 Å². The summed E-state index contributed by atoms with van der Waals surface area (Å²) >= 11 is 0. The van der Waals surface area contributed by atoms with E-state index in [9.17, 15) is 13.6 Å². The van der Waals surface area contributed by atoms with Gasteiger partial charge in [-0.05, 0) is 55.2 Å². The number of aryl methyl sites for hydroxylation is 1. The molecule has 0 radical (unpaired) electrons. The van der Waals surface area contributed by atoms with Gasteiger partial charge in [0.2, 0.25) is 5.91 Å². The fourth-order valence-corrected chi connectivity index (χ4v) is 2.40. The minimum absolute atomic E-state index is 0.0319. The Balaban J connectivity index is 1.58. The van der Waals surface area contributed by atoms with Crippen LogP contribution in [0.25, 0.3) is 0 Å². The molecule has 26 heavy (non-hydrogen) atoms. The van der Waals surface area contributed by atoms with Gasteiger partial charge in [-0.2, -0.15) is 8.78 Å². The van der Waals surface area contributed by atoms with E-state index < -0.39 is 6.61 Å². The van der Waals surface area contributed by atoms with Gasteiger partial charge in [0.05, 0.1) is 6.61 Å². The van der Waals surface area contributed by atoms with Crippen molar-refractivity contribution < 1.29 is 23.0 Å². The maximum atomic E-state index is 12.1. The number of nitrogens with one attached hydrogen (secondary N) is 1. The van der Waals surface area contributed by atoms with Gasteiger partial charge in [0.15, 0.2) is 0 Å². The van der Waals surface area contributed by atoms with Crippen LogP contribution in [-0.4, -0.2) is 25.7 Å². The lowest BCUT2D eigenvalue weighted by Crippen LogP contribution is -2.25. The molecule has 0 bridgehead atoms. The Morgan fingerprint density at radius 2 is 1.88 bits per heavy atom. The number of amides is 1. The van der Waals surface area contributed by atoms with Crippen LogP contribution < -0.4 is 14.8 Å². The third kappa shape index (κ3) is 7.51. The second-order valence-electron chi connectivity index (χ2n) is 5.89. The van der Waals surface area contributed by atoms with Gasteiger partial charge in [0, 0.05) is 13.0 Å². The van der Waals surface area contributed by atoms with E-state index in [1.54, 1.807) is 12.1 Å². The van der Waals surface area contributed by atoms with E-state index in [2.05, 4.69) is 10.1 Å². The van der Waals surface area contributed by atoms with E-state index in [1.807, 2.05) is 31.2 Å². The van der Waals surface area contributed by atoms with Gasteiger partial charge < -0.3 is 14.8 Å². The van der Waals surface area contributed by atoms with Crippen molar-refractivity contribution >= 4 is 5.91 Å². The molecule has 0 fully saturated rings. The molecule has 140 valence electrons. The van der Waals surface area contributed by atoms with Crippen LogP contribution in [0.5, 0.6) is 11.5 Å². The molecule has 0 saturated carbocycles. The minimum Gasteiger partial charge on any atom is -0.494 e. The van der Waals surface area contributed by atoms with Crippen LogP contribution in [0.3, 0.4) is 0 Å². The van der Waals surface area contributed by atoms with Gasteiger partial charge in [-0.15, -0.1) is 0 Å². The van der Waals surface area contributed by atoms with Crippen LogP contribution in [-0.2, 0) is 11.2 Å². The zero-order valence-electron chi connectivity index (χ0n) is 14.7. The summed E-state index contributed by atoms with van der Waals surface area (Å²) in [7, 11) is 0.